The van der Waals surface area contributed by atoms with Gasteiger partial charge in [0.15, 0.2) is 0 Å². The smallest absolute Gasteiger partial charge is 0.00661 e. The van der Waals surface area contributed by atoms with Crippen LogP contribution in [0.15, 0.2) is 35.5 Å². The van der Waals surface area contributed by atoms with Crippen molar-refractivity contribution in [3.63, 3.8) is 0 Å². The van der Waals surface area contributed by atoms with Gasteiger partial charge in [-0.1, -0.05) is 42.4 Å². The standard InChI is InChI=1S/C14H20/c1-11(2)4-5-13-10-12-6-8-14(13,3)9-7-12/h4-6,8,12H,7,9-10H2,1-3H3. The zero-order chi connectivity index (χ0) is 10.2. The number of allylic oxidation sites excluding steroid dienone is 6. The van der Waals surface area contributed by atoms with Crippen LogP contribution in [0.4, 0.5) is 0 Å². The van der Waals surface area contributed by atoms with E-state index in [0.29, 0.717) is 5.41 Å². The minimum Gasteiger partial charge on any atom is -0.0842 e. The molecule has 0 saturated heterocycles. The van der Waals surface area contributed by atoms with Gasteiger partial charge in [-0.2, -0.15) is 0 Å². The number of hydrogen-bond acceptors (Lipinski definition) is 0. The third kappa shape index (κ3) is 1.70. The van der Waals surface area contributed by atoms with E-state index in [4.69, 9.17) is 0 Å². The molecule has 2 atom stereocenters. The summed E-state index contributed by atoms with van der Waals surface area (Å²) in [5, 5.41) is 0. The highest BCUT2D eigenvalue weighted by Crippen LogP contribution is 2.48. The summed E-state index contributed by atoms with van der Waals surface area (Å²) in [5.74, 6) is 0.827. The first-order valence-corrected chi connectivity index (χ1v) is 5.64. The van der Waals surface area contributed by atoms with E-state index in [-0.39, 0.29) is 0 Å². The summed E-state index contributed by atoms with van der Waals surface area (Å²) in [6.45, 7) is 6.70. The van der Waals surface area contributed by atoms with Crippen molar-refractivity contribution in [2.45, 2.75) is 40.0 Å². The van der Waals surface area contributed by atoms with Gasteiger partial charge in [0.25, 0.3) is 0 Å². The van der Waals surface area contributed by atoms with Gasteiger partial charge in [0, 0.05) is 5.41 Å². The molecule has 3 aliphatic rings. The van der Waals surface area contributed by atoms with E-state index in [1.165, 1.54) is 24.8 Å². The highest BCUT2D eigenvalue weighted by atomic mass is 14.4. The molecular formula is C14H20. The predicted octanol–water partition coefficient (Wildman–Crippen LogP) is 4.26. The Labute approximate surface area is 87.4 Å². The summed E-state index contributed by atoms with van der Waals surface area (Å²) in [7, 11) is 0. The Hall–Kier alpha value is -0.780. The van der Waals surface area contributed by atoms with Crippen LogP contribution in [0.1, 0.15) is 40.0 Å². The Balaban J connectivity index is 2.27. The predicted molar refractivity (Wildman–Crippen MR) is 62.1 cm³/mol. The largest absolute Gasteiger partial charge is 0.0842 e. The molecule has 0 amide bonds. The molecule has 1 saturated carbocycles. The van der Waals surface area contributed by atoms with Crippen molar-refractivity contribution in [2.75, 3.05) is 0 Å². The van der Waals surface area contributed by atoms with Crippen LogP contribution < -0.4 is 0 Å². The lowest BCUT2D eigenvalue weighted by atomic mass is 9.63. The lowest BCUT2D eigenvalue weighted by Gasteiger charge is -2.41. The second-order valence-electron chi connectivity index (χ2n) is 5.22. The van der Waals surface area contributed by atoms with Crippen molar-refractivity contribution in [3.05, 3.63) is 35.5 Å². The number of hydrogen-bond donors (Lipinski definition) is 0. The Bertz CT molecular complexity index is 313. The summed E-state index contributed by atoms with van der Waals surface area (Å²) in [6, 6.07) is 0. The van der Waals surface area contributed by atoms with Crippen molar-refractivity contribution in [3.8, 4) is 0 Å². The molecule has 2 bridgehead atoms. The van der Waals surface area contributed by atoms with Crippen LogP contribution in [0, 0.1) is 11.3 Å². The molecule has 0 heteroatoms. The molecule has 0 aromatic rings. The average Bonchev–Trinajstić information content (AvgIpc) is 2.15. The maximum atomic E-state index is 2.43. The number of rotatable bonds is 1. The van der Waals surface area contributed by atoms with Gasteiger partial charge >= 0.3 is 0 Å². The van der Waals surface area contributed by atoms with Gasteiger partial charge in [0.2, 0.25) is 0 Å². The Morgan fingerprint density at radius 2 is 2.29 bits per heavy atom. The third-order valence-electron chi connectivity index (χ3n) is 3.60. The highest BCUT2D eigenvalue weighted by molar-refractivity contribution is 5.32. The summed E-state index contributed by atoms with van der Waals surface area (Å²) in [6.07, 6.45) is 13.5. The van der Waals surface area contributed by atoms with Gasteiger partial charge < -0.3 is 0 Å². The molecule has 1 fully saturated rings. The van der Waals surface area contributed by atoms with E-state index in [1.54, 1.807) is 5.57 Å². The summed E-state index contributed by atoms with van der Waals surface area (Å²) in [5.41, 5.74) is 3.41. The third-order valence-corrected chi connectivity index (χ3v) is 3.60. The van der Waals surface area contributed by atoms with Crippen LogP contribution in [0.2, 0.25) is 0 Å². The van der Waals surface area contributed by atoms with Gasteiger partial charge in [-0.25, -0.2) is 0 Å². The molecule has 0 heterocycles. The zero-order valence-corrected chi connectivity index (χ0v) is 9.51. The van der Waals surface area contributed by atoms with Crippen molar-refractivity contribution in [1.82, 2.24) is 0 Å². The normalized spacial score (nSPS) is 37.6. The van der Waals surface area contributed by atoms with E-state index in [9.17, 15) is 0 Å². The summed E-state index contributed by atoms with van der Waals surface area (Å²) in [4.78, 5) is 0. The molecule has 0 N–H and O–H groups in total. The SMILES string of the molecule is CC(C)=CC=C1CC2C=CC1(C)CC2. The Kier molecular flexibility index (Phi) is 2.38. The van der Waals surface area contributed by atoms with E-state index >= 15 is 0 Å². The van der Waals surface area contributed by atoms with E-state index in [1.807, 2.05) is 0 Å². The maximum absolute atomic E-state index is 2.43. The minimum absolute atomic E-state index is 0.376. The molecule has 3 rings (SSSR count). The molecule has 0 nitrogen and oxygen atoms in total. The van der Waals surface area contributed by atoms with Crippen molar-refractivity contribution in [1.29, 1.82) is 0 Å². The first-order valence-electron chi connectivity index (χ1n) is 5.64. The fraction of sp³-hybridized carbons (Fsp3) is 0.571. The van der Waals surface area contributed by atoms with Crippen LogP contribution >= 0.6 is 0 Å². The van der Waals surface area contributed by atoms with Crippen molar-refractivity contribution >= 4 is 0 Å². The second-order valence-corrected chi connectivity index (χ2v) is 5.22. The van der Waals surface area contributed by atoms with Gasteiger partial charge in [-0.3, -0.25) is 0 Å². The summed E-state index contributed by atoms with van der Waals surface area (Å²) < 4.78 is 0. The fourth-order valence-corrected chi connectivity index (χ4v) is 2.49. The summed E-state index contributed by atoms with van der Waals surface area (Å²) >= 11 is 0. The fourth-order valence-electron chi connectivity index (χ4n) is 2.49. The van der Waals surface area contributed by atoms with Gasteiger partial charge in [-0.05, 0) is 39.0 Å². The van der Waals surface area contributed by atoms with Gasteiger partial charge in [-0.15, -0.1) is 0 Å². The molecule has 14 heavy (non-hydrogen) atoms. The molecule has 0 aromatic carbocycles. The molecule has 0 aliphatic heterocycles. The molecule has 0 spiro atoms. The molecular weight excluding hydrogens is 168 g/mol. The zero-order valence-electron chi connectivity index (χ0n) is 9.51. The van der Waals surface area contributed by atoms with Crippen LogP contribution in [-0.2, 0) is 0 Å². The lowest BCUT2D eigenvalue weighted by Crippen LogP contribution is -2.29. The second kappa shape index (κ2) is 3.42. The van der Waals surface area contributed by atoms with Crippen LogP contribution in [0.3, 0.4) is 0 Å². The highest BCUT2D eigenvalue weighted by Gasteiger charge is 2.35. The average molecular weight is 188 g/mol. The van der Waals surface area contributed by atoms with Crippen LogP contribution in [0.5, 0.6) is 0 Å². The van der Waals surface area contributed by atoms with Gasteiger partial charge in [0.1, 0.15) is 0 Å². The molecule has 0 radical (unpaired) electrons. The number of fused-ring (bicyclic) bond motifs is 2. The van der Waals surface area contributed by atoms with Crippen LogP contribution in [0.25, 0.3) is 0 Å². The lowest BCUT2D eigenvalue weighted by molar-refractivity contribution is 0.309. The van der Waals surface area contributed by atoms with Gasteiger partial charge in [0.05, 0.1) is 0 Å². The Morgan fingerprint density at radius 1 is 1.50 bits per heavy atom. The molecule has 3 aliphatic carbocycles. The molecule has 0 aromatic heterocycles. The first kappa shape index (κ1) is 9.76. The quantitative estimate of drug-likeness (QED) is 0.539. The topological polar surface area (TPSA) is 0 Å². The monoisotopic (exact) mass is 188 g/mol. The minimum atomic E-state index is 0.376. The Morgan fingerprint density at radius 3 is 2.79 bits per heavy atom. The molecule has 76 valence electrons. The van der Waals surface area contributed by atoms with E-state index in [2.05, 4.69) is 45.1 Å². The van der Waals surface area contributed by atoms with Crippen molar-refractivity contribution in [2.24, 2.45) is 11.3 Å². The maximum Gasteiger partial charge on any atom is 0.00661 e. The van der Waals surface area contributed by atoms with Crippen LogP contribution in [-0.4, -0.2) is 0 Å². The first-order chi connectivity index (χ1) is 6.60. The van der Waals surface area contributed by atoms with E-state index in [0.717, 1.165) is 5.92 Å². The van der Waals surface area contributed by atoms with E-state index < -0.39 is 0 Å². The van der Waals surface area contributed by atoms with Crippen molar-refractivity contribution < 1.29 is 0 Å². The molecule has 2 unspecified atom stereocenters.